The van der Waals surface area contributed by atoms with Gasteiger partial charge in [-0.15, -0.1) is 10.2 Å². The molecular formula is C23H28N4O4. The first-order chi connectivity index (χ1) is 15.1. The SMILES string of the molecule is CN(C)CCCNC(=O)c1ccc(-c2nnc(COCCOc3ccccc3)o2)cc1. The van der Waals surface area contributed by atoms with Gasteiger partial charge in [0.05, 0.1) is 6.61 Å². The van der Waals surface area contributed by atoms with Crippen molar-refractivity contribution in [1.29, 1.82) is 0 Å². The highest BCUT2D eigenvalue weighted by Gasteiger charge is 2.11. The van der Waals surface area contributed by atoms with Crippen molar-refractivity contribution in [2.24, 2.45) is 0 Å². The summed E-state index contributed by atoms with van der Waals surface area (Å²) in [4.78, 5) is 14.3. The lowest BCUT2D eigenvalue weighted by molar-refractivity contribution is 0.0757. The quantitative estimate of drug-likeness (QED) is 0.447. The summed E-state index contributed by atoms with van der Waals surface area (Å²) < 4.78 is 16.7. The van der Waals surface area contributed by atoms with Crippen LogP contribution in [-0.2, 0) is 11.3 Å². The minimum atomic E-state index is -0.0948. The van der Waals surface area contributed by atoms with E-state index in [0.717, 1.165) is 24.3 Å². The molecule has 8 heteroatoms. The molecule has 2 aromatic carbocycles. The van der Waals surface area contributed by atoms with Crippen molar-refractivity contribution in [1.82, 2.24) is 20.4 Å². The van der Waals surface area contributed by atoms with E-state index in [4.69, 9.17) is 13.9 Å². The zero-order valence-corrected chi connectivity index (χ0v) is 17.9. The van der Waals surface area contributed by atoms with E-state index in [1.165, 1.54) is 0 Å². The Morgan fingerprint density at radius 2 is 1.81 bits per heavy atom. The van der Waals surface area contributed by atoms with Gasteiger partial charge in [0.2, 0.25) is 11.8 Å². The summed E-state index contributed by atoms with van der Waals surface area (Å²) in [5.74, 6) is 1.48. The number of carbonyl (C=O) groups excluding carboxylic acids is 1. The average molecular weight is 425 g/mol. The van der Waals surface area contributed by atoms with Gasteiger partial charge in [-0.2, -0.15) is 0 Å². The van der Waals surface area contributed by atoms with Crippen LogP contribution in [0.25, 0.3) is 11.5 Å². The van der Waals surface area contributed by atoms with E-state index in [1.807, 2.05) is 44.4 Å². The molecule has 0 aliphatic carbocycles. The van der Waals surface area contributed by atoms with E-state index < -0.39 is 0 Å². The highest BCUT2D eigenvalue weighted by atomic mass is 16.5. The molecule has 0 radical (unpaired) electrons. The summed E-state index contributed by atoms with van der Waals surface area (Å²) in [6, 6.07) is 16.6. The van der Waals surface area contributed by atoms with Crippen LogP contribution in [0.15, 0.2) is 59.0 Å². The molecule has 0 bridgehead atoms. The Labute approximate surface area is 182 Å². The maximum Gasteiger partial charge on any atom is 0.251 e. The van der Waals surface area contributed by atoms with E-state index in [2.05, 4.69) is 20.4 Å². The number of aromatic nitrogens is 2. The van der Waals surface area contributed by atoms with E-state index in [-0.39, 0.29) is 12.5 Å². The maximum atomic E-state index is 12.2. The minimum Gasteiger partial charge on any atom is -0.491 e. The number of carbonyl (C=O) groups is 1. The van der Waals surface area contributed by atoms with Gasteiger partial charge in [0, 0.05) is 17.7 Å². The van der Waals surface area contributed by atoms with Crippen LogP contribution in [-0.4, -0.2) is 61.4 Å². The molecule has 31 heavy (non-hydrogen) atoms. The van der Waals surface area contributed by atoms with E-state index in [0.29, 0.717) is 37.1 Å². The molecule has 0 aliphatic heterocycles. The Kier molecular flexibility index (Phi) is 8.57. The van der Waals surface area contributed by atoms with Crippen molar-refractivity contribution in [2.45, 2.75) is 13.0 Å². The molecule has 0 spiro atoms. The number of benzene rings is 2. The topological polar surface area (TPSA) is 89.7 Å². The Morgan fingerprint density at radius 3 is 2.55 bits per heavy atom. The molecular weight excluding hydrogens is 396 g/mol. The van der Waals surface area contributed by atoms with Crippen LogP contribution < -0.4 is 10.1 Å². The first kappa shape index (κ1) is 22.5. The molecule has 0 saturated carbocycles. The molecule has 0 unspecified atom stereocenters. The molecule has 3 aromatic rings. The third-order valence-corrected chi connectivity index (χ3v) is 4.39. The van der Waals surface area contributed by atoms with Crippen molar-refractivity contribution >= 4 is 5.91 Å². The number of hydrogen-bond donors (Lipinski definition) is 1. The smallest absolute Gasteiger partial charge is 0.251 e. The first-order valence-corrected chi connectivity index (χ1v) is 10.2. The molecule has 1 heterocycles. The monoisotopic (exact) mass is 424 g/mol. The Morgan fingerprint density at radius 1 is 1.03 bits per heavy atom. The van der Waals surface area contributed by atoms with Crippen molar-refractivity contribution in [2.75, 3.05) is 40.4 Å². The van der Waals surface area contributed by atoms with Gasteiger partial charge >= 0.3 is 0 Å². The van der Waals surface area contributed by atoms with Gasteiger partial charge < -0.3 is 24.1 Å². The third kappa shape index (κ3) is 7.51. The number of para-hydroxylation sites is 1. The normalized spacial score (nSPS) is 10.9. The van der Waals surface area contributed by atoms with E-state index >= 15 is 0 Å². The molecule has 0 fully saturated rings. The van der Waals surface area contributed by atoms with Crippen molar-refractivity contribution < 1.29 is 18.7 Å². The lowest BCUT2D eigenvalue weighted by Gasteiger charge is -2.10. The molecule has 1 aromatic heterocycles. The fourth-order valence-corrected chi connectivity index (χ4v) is 2.79. The number of nitrogens with one attached hydrogen (secondary N) is 1. The van der Waals surface area contributed by atoms with Gasteiger partial charge in [-0.25, -0.2) is 0 Å². The highest BCUT2D eigenvalue weighted by molar-refractivity contribution is 5.94. The summed E-state index contributed by atoms with van der Waals surface area (Å²) in [5, 5.41) is 11.0. The van der Waals surface area contributed by atoms with Crippen molar-refractivity contribution in [3.8, 4) is 17.2 Å². The summed E-state index contributed by atoms with van der Waals surface area (Å²) in [5.41, 5.74) is 1.34. The molecule has 0 saturated heterocycles. The summed E-state index contributed by atoms with van der Waals surface area (Å²) in [6.07, 6.45) is 0.905. The zero-order chi connectivity index (χ0) is 21.9. The second-order valence-electron chi connectivity index (χ2n) is 7.21. The van der Waals surface area contributed by atoms with Gasteiger partial charge in [0.15, 0.2) is 0 Å². The largest absolute Gasteiger partial charge is 0.491 e. The fraction of sp³-hybridized carbons (Fsp3) is 0.348. The van der Waals surface area contributed by atoms with Crippen LogP contribution in [0.4, 0.5) is 0 Å². The van der Waals surface area contributed by atoms with Crippen LogP contribution in [0.1, 0.15) is 22.7 Å². The summed E-state index contributed by atoms with van der Waals surface area (Å²) in [7, 11) is 4.02. The molecule has 0 aliphatic rings. The number of rotatable bonds is 12. The lowest BCUT2D eigenvalue weighted by atomic mass is 10.1. The van der Waals surface area contributed by atoms with Crippen molar-refractivity contribution in [3.05, 3.63) is 66.1 Å². The summed E-state index contributed by atoms with van der Waals surface area (Å²) in [6.45, 7) is 2.62. The maximum absolute atomic E-state index is 12.2. The van der Waals surface area contributed by atoms with E-state index in [9.17, 15) is 4.79 Å². The predicted octanol–water partition coefficient (Wildman–Crippen LogP) is 3.01. The number of nitrogens with zero attached hydrogens (tertiary/aromatic N) is 3. The third-order valence-electron chi connectivity index (χ3n) is 4.39. The molecule has 8 nitrogen and oxygen atoms in total. The zero-order valence-electron chi connectivity index (χ0n) is 17.9. The lowest BCUT2D eigenvalue weighted by Crippen LogP contribution is -2.27. The second kappa shape index (κ2) is 11.8. The number of ether oxygens (including phenoxy) is 2. The fourth-order valence-electron chi connectivity index (χ4n) is 2.79. The Hall–Kier alpha value is -3.23. The van der Waals surface area contributed by atoms with Crippen LogP contribution >= 0.6 is 0 Å². The van der Waals surface area contributed by atoms with E-state index in [1.54, 1.807) is 24.3 Å². The first-order valence-electron chi connectivity index (χ1n) is 10.2. The molecule has 1 N–H and O–H groups in total. The second-order valence-corrected chi connectivity index (χ2v) is 7.21. The number of hydrogen-bond acceptors (Lipinski definition) is 7. The van der Waals surface area contributed by atoms with Gasteiger partial charge in [0.1, 0.15) is 19.0 Å². The Bertz CT molecular complexity index is 926. The van der Waals surface area contributed by atoms with Crippen LogP contribution in [0, 0.1) is 0 Å². The van der Waals surface area contributed by atoms with Crippen LogP contribution in [0.3, 0.4) is 0 Å². The van der Waals surface area contributed by atoms with Gasteiger partial charge in [-0.3, -0.25) is 4.79 Å². The highest BCUT2D eigenvalue weighted by Crippen LogP contribution is 2.19. The van der Waals surface area contributed by atoms with Crippen molar-refractivity contribution in [3.63, 3.8) is 0 Å². The van der Waals surface area contributed by atoms with Crippen LogP contribution in [0.5, 0.6) is 5.75 Å². The van der Waals surface area contributed by atoms with Gasteiger partial charge in [0.25, 0.3) is 5.91 Å². The Balaban J connectivity index is 1.41. The van der Waals surface area contributed by atoms with Gasteiger partial charge in [-0.05, 0) is 63.5 Å². The standard InChI is InChI=1S/C23H28N4O4/c1-27(2)14-6-13-24-22(28)18-9-11-19(12-10-18)23-26-25-21(31-23)17-29-15-16-30-20-7-4-3-5-8-20/h3-5,7-12H,6,13-17H2,1-2H3,(H,24,28). The average Bonchev–Trinajstić information content (AvgIpc) is 3.26. The van der Waals surface area contributed by atoms with Gasteiger partial charge in [-0.1, -0.05) is 18.2 Å². The molecule has 1 amide bonds. The minimum absolute atomic E-state index is 0.0948. The molecule has 164 valence electrons. The summed E-state index contributed by atoms with van der Waals surface area (Å²) >= 11 is 0. The molecule has 3 rings (SSSR count). The van der Waals surface area contributed by atoms with Crippen LogP contribution in [0.2, 0.25) is 0 Å². The number of amides is 1. The predicted molar refractivity (Wildman–Crippen MR) is 117 cm³/mol. The molecule has 0 atom stereocenters.